The van der Waals surface area contributed by atoms with Crippen LogP contribution < -0.4 is 20.7 Å². The van der Waals surface area contributed by atoms with Crippen LogP contribution in [0.5, 0.6) is 0 Å². The molecule has 0 spiro atoms. The van der Waals surface area contributed by atoms with Crippen LogP contribution in [0.2, 0.25) is 0 Å². The van der Waals surface area contributed by atoms with Crippen LogP contribution in [0.1, 0.15) is 32.9 Å². The van der Waals surface area contributed by atoms with Gasteiger partial charge in [-0.3, -0.25) is 9.13 Å². The van der Waals surface area contributed by atoms with Gasteiger partial charge in [-0.2, -0.15) is 15.0 Å². The lowest BCUT2D eigenvalue weighted by atomic mass is 10.1. The Balaban J connectivity index is 1.27. The van der Waals surface area contributed by atoms with Gasteiger partial charge >= 0.3 is 0 Å². The minimum atomic E-state index is -3.77. The van der Waals surface area contributed by atoms with E-state index in [1.54, 1.807) is 12.1 Å². The minimum Gasteiger partial charge on any atom is -0.309 e. The number of rotatable bonds is 8. The van der Waals surface area contributed by atoms with E-state index in [0.717, 1.165) is 24.7 Å². The lowest BCUT2D eigenvalue weighted by molar-refractivity contribution is 0.892. The van der Waals surface area contributed by atoms with Gasteiger partial charge in [-0.15, -0.1) is 0 Å². The summed E-state index contributed by atoms with van der Waals surface area (Å²) in [5.41, 5.74) is -3.04. The number of hydrogen-bond donors (Lipinski definition) is 0. The average molecular weight is 935 g/mol. The van der Waals surface area contributed by atoms with E-state index in [0.29, 0.717) is 5.19 Å². The van der Waals surface area contributed by atoms with E-state index < -0.39 is 214 Å². The van der Waals surface area contributed by atoms with Crippen LogP contribution in [0.15, 0.2) is 254 Å². The fourth-order valence-corrected chi connectivity index (χ4v) is 14.5. The summed E-state index contributed by atoms with van der Waals surface area (Å²) < 4.78 is 225. The highest BCUT2D eigenvalue weighted by Crippen LogP contribution is 2.38. The molecule has 14 aromatic rings. The molecule has 0 N–H and O–H groups in total. The number of hydrogen-bond acceptors (Lipinski definition) is 3. The second-order valence-corrected chi connectivity index (χ2v) is 20.0. The van der Waals surface area contributed by atoms with Crippen molar-refractivity contribution >= 4 is 94.2 Å². The first-order chi connectivity index (χ1) is 44.7. The van der Waals surface area contributed by atoms with Crippen LogP contribution in [0.3, 0.4) is 0 Å². The van der Waals surface area contributed by atoms with Crippen molar-refractivity contribution in [2.24, 2.45) is 0 Å². The maximum atomic E-state index is 9.78. The van der Waals surface area contributed by atoms with Gasteiger partial charge in [0.05, 0.1) is 71.7 Å². The fraction of sp³-hybridized carbons (Fsp3) is 0. The molecule has 4 heterocycles. The molecule has 0 fully saturated rings. The molecule has 0 radical (unpaired) electrons. The first kappa shape index (κ1) is 22.7. The lowest BCUT2D eigenvalue weighted by Crippen LogP contribution is -2.74. The normalized spacial score (nSPS) is 16.8. The third-order valence-corrected chi connectivity index (χ3v) is 17.4. The Labute approximate surface area is 438 Å². The fourth-order valence-electron chi connectivity index (χ4n) is 9.78. The van der Waals surface area contributed by atoms with E-state index in [2.05, 4.69) is 0 Å². The van der Waals surface area contributed by atoms with Crippen molar-refractivity contribution in [2.45, 2.75) is 0 Å². The topological polar surface area (TPSA) is 53.5 Å². The Kier molecular flexibility index (Phi) is 5.19. The van der Waals surface area contributed by atoms with Crippen LogP contribution in [0.25, 0.3) is 94.4 Å². The number of aromatic nitrogens is 6. The van der Waals surface area contributed by atoms with E-state index in [1.807, 2.05) is 91.0 Å². The summed E-state index contributed by atoms with van der Waals surface area (Å²) in [7, 11) is -3.77. The third kappa shape index (κ3) is 5.95. The molecule has 4 aromatic heterocycles. The molecule has 0 unspecified atom stereocenters. The summed E-state index contributed by atoms with van der Waals surface area (Å²) in [4.78, 5) is 15.0. The molecule has 0 saturated heterocycles. The molecular weight excluding hydrogens is 869 g/mol. The third-order valence-electron chi connectivity index (χ3n) is 12.6. The number of fused-ring (bicyclic) bond motifs is 9. The van der Waals surface area contributed by atoms with Crippen molar-refractivity contribution in [3.8, 4) is 29.0 Å². The Bertz CT molecular complexity index is 5240. The Hall–Kier alpha value is -9.17. The predicted molar refractivity (Wildman–Crippen MR) is 292 cm³/mol. The van der Waals surface area contributed by atoms with Crippen molar-refractivity contribution in [1.29, 1.82) is 0 Å². The van der Waals surface area contributed by atoms with Crippen molar-refractivity contribution in [3.63, 3.8) is 0 Å². The standard InChI is InChI=1S/C63H42N6Si/c1-4-22-43(23-5-1)70(44-24-6-2-7-25-44,45-26-8-3-9-27-45)46-40-41-53(60(42-46)67-54-34-16-10-28-47(54)48-29-11-17-35-55(48)67)61-64-62(68-56-36-18-12-30-49(56)50-31-13-19-37-57(50)68)66-63(65-61)69-58-38-20-14-32-51(58)52-33-15-21-39-59(52)69/h1-42H/i10D,11D,12D,13D,14D,15D,16D,17D,18D,19D,20D,21D,28D,29D,30D,31D,32D,33D,34D,35D,36D,37D,38D,39D. The largest absolute Gasteiger partial charge is 0.309 e. The van der Waals surface area contributed by atoms with E-state index in [9.17, 15) is 19.2 Å². The van der Waals surface area contributed by atoms with E-state index in [4.69, 9.17) is 28.7 Å². The van der Waals surface area contributed by atoms with Crippen LogP contribution in [-0.4, -0.2) is 36.7 Å². The first-order valence-electron chi connectivity index (χ1n) is 33.8. The Morgan fingerprint density at radius 2 is 0.629 bits per heavy atom. The number of benzene rings is 10. The molecule has 0 aliphatic heterocycles. The molecule has 0 aliphatic carbocycles. The molecule has 0 bridgehead atoms. The van der Waals surface area contributed by atoms with Gasteiger partial charge < -0.3 is 4.57 Å². The van der Waals surface area contributed by atoms with Gasteiger partial charge in [0.15, 0.2) is 13.9 Å². The van der Waals surface area contributed by atoms with Crippen molar-refractivity contribution in [2.75, 3.05) is 0 Å². The Morgan fingerprint density at radius 1 is 0.314 bits per heavy atom. The lowest BCUT2D eigenvalue weighted by Gasteiger charge is -2.35. The second kappa shape index (κ2) is 16.0. The van der Waals surface area contributed by atoms with Crippen LogP contribution in [0.4, 0.5) is 0 Å². The van der Waals surface area contributed by atoms with Crippen molar-refractivity contribution in [1.82, 2.24) is 28.7 Å². The van der Waals surface area contributed by atoms with Gasteiger partial charge in [-0.25, -0.2) is 0 Å². The summed E-state index contributed by atoms with van der Waals surface area (Å²) in [5.74, 6) is -2.00. The molecule has 0 aliphatic rings. The summed E-state index contributed by atoms with van der Waals surface area (Å²) in [6.07, 6.45) is 0. The van der Waals surface area contributed by atoms with Gasteiger partial charge in [0, 0.05) is 37.9 Å². The van der Waals surface area contributed by atoms with Gasteiger partial charge in [0.25, 0.3) is 0 Å². The van der Waals surface area contributed by atoms with Gasteiger partial charge in [0.2, 0.25) is 11.9 Å². The molecule has 70 heavy (non-hydrogen) atoms. The quantitative estimate of drug-likeness (QED) is 0.113. The molecule has 6 nitrogen and oxygen atoms in total. The maximum Gasteiger partial charge on any atom is 0.240 e. The number of nitrogens with zero attached hydrogens (tertiary/aromatic N) is 6. The van der Waals surface area contributed by atoms with Crippen molar-refractivity contribution < 1.29 is 32.9 Å². The van der Waals surface area contributed by atoms with Gasteiger partial charge in [-0.05, 0) is 69.1 Å². The van der Waals surface area contributed by atoms with Crippen LogP contribution in [0, 0.1) is 0 Å². The summed E-state index contributed by atoms with van der Waals surface area (Å²) >= 11 is 0. The summed E-state index contributed by atoms with van der Waals surface area (Å²) in [5, 5.41) is 0.706. The maximum absolute atomic E-state index is 9.78. The molecule has 0 atom stereocenters. The molecule has 10 aromatic carbocycles. The average Bonchev–Trinajstić information content (AvgIpc) is 1.52. The molecule has 0 saturated carbocycles. The minimum absolute atomic E-state index is 0.146. The van der Waals surface area contributed by atoms with Crippen LogP contribution in [-0.2, 0) is 0 Å². The highest BCUT2D eigenvalue weighted by molar-refractivity contribution is 7.19. The molecule has 7 heteroatoms. The highest BCUT2D eigenvalue weighted by Gasteiger charge is 2.42. The number of para-hydroxylation sites is 6. The molecule has 328 valence electrons. The second-order valence-electron chi connectivity index (χ2n) is 16.2. The predicted octanol–water partition coefficient (Wildman–Crippen LogP) is 12.2. The molecule has 14 rings (SSSR count). The smallest absolute Gasteiger partial charge is 0.240 e. The van der Waals surface area contributed by atoms with Gasteiger partial charge in [-0.1, -0.05) is 206 Å². The van der Waals surface area contributed by atoms with E-state index in [-0.39, 0.29) is 33.1 Å². The van der Waals surface area contributed by atoms with Crippen molar-refractivity contribution in [3.05, 3.63) is 254 Å². The first-order valence-corrected chi connectivity index (χ1v) is 23.8. The zero-order chi connectivity index (χ0) is 67.1. The summed E-state index contributed by atoms with van der Waals surface area (Å²) in [6.45, 7) is 0. The summed E-state index contributed by atoms with van der Waals surface area (Å²) in [6, 6.07) is 15.1. The monoisotopic (exact) mass is 934 g/mol. The van der Waals surface area contributed by atoms with E-state index >= 15 is 0 Å². The zero-order valence-corrected chi connectivity index (χ0v) is 37.1. The van der Waals surface area contributed by atoms with E-state index in [1.165, 1.54) is 10.6 Å². The Morgan fingerprint density at radius 3 is 0.971 bits per heavy atom. The molecule has 0 amide bonds. The zero-order valence-electron chi connectivity index (χ0n) is 60.1. The SMILES string of the molecule is [2H]c1c([2H])c([2H])c2c(c1[2H])c1c([2H])c([2H])c([2H])c([2H])c1n2-c1nc(-c2ccc([Si](c3ccccc3)(c3ccccc3)c3ccccc3)cc2-n2c3c([2H])c([2H])c([2H])c([2H])c3c3c([2H])c([2H])c([2H])c([2H])c32)nc(-n2c3c([2H])c([2H])c([2H])c([2H])c3c3c([2H])c([2H])c([2H])c([2H])c32)n1. The van der Waals surface area contributed by atoms with Gasteiger partial charge in [0.1, 0.15) is 0 Å². The highest BCUT2D eigenvalue weighted by atomic mass is 28.3. The van der Waals surface area contributed by atoms with Crippen LogP contribution >= 0.6 is 0 Å². The molecular formula is C63H42N6Si.